The Hall–Kier alpha value is -2.80. The van der Waals surface area contributed by atoms with Crippen molar-refractivity contribution in [1.29, 1.82) is 0 Å². The van der Waals surface area contributed by atoms with Gasteiger partial charge in [-0.2, -0.15) is 4.98 Å². The minimum atomic E-state index is -0.618. The molecule has 0 radical (unpaired) electrons. The van der Waals surface area contributed by atoms with E-state index in [9.17, 15) is 9.90 Å². The minimum absolute atomic E-state index is 0.0744. The van der Waals surface area contributed by atoms with Crippen LogP contribution < -0.4 is 5.32 Å². The largest absolute Gasteiger partial charge is 0.388 e. The van der Waals surface area contributed by atoms with E-state index in [1.807, 2.05) is 50.2 Å². The number of nitrogens with zero attached hydrogens (tertiary/aromatic N) is 4. The molecule has 0 aliphatic rings. The van der Waals surface area contributed by atoms with Crippen LogP contribution in [0.15, 0.2) is 36.4 Å². The number of aliphatic hydroxyl groups is 1. The molecule has 0 aliphatic heterocycles. The molecule has 2 N–H and O–H groups in total. The van der Waals surface area contributed by atoms with Gasteiger partial charge in [-0.15, -0.1) is 5.10 Å². The molecule has 0 saturated carbocycles. The fourth-order valence-corrected chi connectivity index (χ4v) is 2.51. The second kappa shape index (κ2) is 6.76. The quantitative estimate of drug-likeness (QED) is 0.743. The smallest absolute Gasteiger partial charge is 0.291 e. The summed E-state index contributed by atoms with van der Waals surface area (Å²) < 4.78 is 1.54. The van der Waals surface area contributed by atoms with E-state index in [1.54, 1.807) is 4.52 Å². The highest BCUT2D eigenvalue weighted by atomic mass is 16.3. The highest BCUT2D eigenvalue weighted by molar-refractivity contribution is 5.90. The number of carbonyl (C=O) groups is 1. The lowest BCUT2D eigenvalue weighted by Gasteiger charge is -2.10. The Balaban J connectivity index is 1.62. The van der Waals surface area contributed by atoms with Gasteiger partial charge in [0, 0.05) is 17.9 Å². The number of hydrogen-bond donors (Lipinski definition) is 2. The number of fused-ring (bicyclic) bond motifs is 1. The first-order valence-electron chi connectivity index (χ1n) is 7.77. The van der Waals surface area contributed by atoms with E-state index in [1.165, 1.54) is 0 Å². The molecule has 2 aromatic heterocycles. The van der Waals surface area contributed by atoms with Crippen molar-refractivity contribution < 1.29 is 9.90 Å². The molecule has 3 rings (SSSR count). The average molecular weight is 325 g/mol. The Morgan fingerprint density at radius 1 is 1.25 bits per heavy atom. The third kappa shape index (κ3) is 3.41. The number of hydrogen-bond acceptors (Lipinski definition) is 5. The van der Waals surface area contributed by atoms with Crippen LogP contribution in [0.4, 0.5) is 0 Å². The number of rotatable bonds is 5. The number of aryl methyl sites for hydroxylation is 2. The van der Waals surface area contributed by atoms with Gasteiger partial charge in [0.25, 0.3) is 11.7 Å². The maximum atomic E-state index is 12.2. The zero-order chi connectivity index (χ0) is 17.1. The van der Waals surface area contributed by atoms with Crippen molar-refractivity contribution in [2.24, 2.45) is 0 Å². The lowest BCUT2D eigenvalue weighted by molar-refractivity contribution is 0.0932. The summed E-state index contributed by atoms with van der Waals surface area (Å²) in [6.07, 6.45) is -0.202. The molecule has 124 valence electrons. The maximum absolute atomic E-state index is 12.2. The fourth-order valence-electron chi connectivity index (χ4n) is 2.51. The first-order valence-corrected chi connectivity index (χ1v) is 7.77. The molecule has 0 bridgehead atoms. The van der Waals surface area contributed by atoms with Crippen molar-refractivity contribution in [1.82, 2.24) is 24.9 Å². The van der Waals surface area contributed by atoms with Gasteiger partial charge in [-0.3, -0.25) is 4.79 Å². The number of benzene rings is 1. The monoisotopic (exact) mass is 325 g/mol. The van der Waals surface area contributed by atoms with Crippen molar-refractivity contribution in [3.63, 3.8) is 0 Å². The highest BCUT2D eigenvalue weighted by Gasteiger charge is 2.15. The van der Waals surface area contributed by atoms with E-state index >= 15 is 0 Å². The maximum Gasteiger partial charge on any atom is 0.291 e. The lowest BCUT2D eigenvalue weighted by Crippen LogP contribution is -2.26. The van der Waals surface area contributed by atoms with Gasteiger partial charge >= 0.3 is 0 Å². The van der Waals surface area contributed by atoms with Gasteiger partial charge in [-0.1, -0.05) is 30.3 Å². The van der Waals surface area contributed by atoms with E-state index < -0.39 is 6.10 Å². The molecule has 7 nitrogen and oxygen atoms in total. The number of amides is 1. The van der Waals surface area contributed by atoms with Crippen LogP contribution in [0, 0.1) is 13.8 Å². The molecule has 0 aliphatic carbocycles. The van der Waals surface area contributed by atoms with Crippen LogP contribution in [0.3, 0.4) is 0 Å². The fraction of sp³-hybridized carbons (Fsp3) is 0.294. The second-order valence-corrected chi connectivity index (χ2v) is 5.66. The zero-order valence-electron chi connectivity index (χ0n) is 13.6. The summed E-state index contributed by atoms with van der Waals surface area (Å²) in [5.41, 5.74) is 2.52. The van der Waals surface area contributed by atoms with Crippen molar-refractivity contribution in [2.45, 2.75) is 26.4 Å². The second-order valence-electron chi connectivity index (χ2n) is 5.66. The summed E-state index contributed by atoms with van der Waals surface area (Å²) in [6.45, 7) is 4.08. The summed E-state index contributed by atoms with van der Waals surface area (Å²) in [4.78, 5) is 20.6. The molecule has 3 aromatic rings. The van der Waals surface area contributed by atoms with Crippen LogP contribution >= 0.6 is 0 Å². The molecule has 1 unspecified atom stereocenters. The van der Waals surface area contributed by atoms with E-state index in [0.29, 0.717) is 18.7 Å². The van der Waals surface area contributed by atoms with Gasteiger partial charge in [-0.25, -0.2) is 9.50 Å². The van der Waals surface area contributed by atoms with Crippen molar-refractivity contribution >= 4 is 11.7 Å². The molecule has 1 amide bonds. The first kappa shape index (κ1) is 16.1. The van der Waals surface area contributed by atoms with Gasteiger partial charge in [0.1, 0.15) is 0 Å². The summed E-state index contributed by atoms with van der Waals surface area (Å²) >= 11 is 0. The van der Waals surface area contributed by atoms with E-state index in [0.717, 1.165) is 17.0 Å². The Bertz CT molecular complexity index is 860. The van der Waals surface area contributed by atoms with Gasteiger partial charge in [0.2, 0.25) is 5.82 Å². The molecular formula is C17H19N5O2. The van der Waals surface area contributed by atoms with Crippen molar-refractivity contribution in [3.05, 3.63) is 59.2 Å². The minimum Gasteiger partial charge on any atom is -0.388 e. The number of aliphatic hydroxyl groups excluding tert-OH is 1. The zero-order valence-corrected chi connectivity index (χ0v) is 13.6. The number of nitrogens with one attached hydrogen (secondary N) is 1. The molecule has 0 spiro atoms. The van der Waals surface area contributed by atoms with E-state index in [2.05, 4.69) is 20.4 Å². The lowest BCUT2D eigenvalue weighted by atomic mass is 10.1. The van der Waals surface area contributed by atoms with Crippen LogP contribution in [-0.2, 0) is 0 Å². The van der Waals surface area contributed by atoms with Crippen LogP contribution in [0.2, 0.25) is 0 Å². The number of aromatic nitrogens is 4. The van der Waals surface area contributed by atoms with Crippen LogP contribution in [0.25, 0.3) is 5.78 Å². The highest BCUT2D eigenvalue weighted by Crippen LogP contribution is 2.15. The number of carbonyl (C=O) groups excluding carboxylic acids is 1. The van der Waals surface area contributed by atoms with Crippen molar-refractivity contribution in [3.8, 4) is 0 Å². The molecule has 1 aromatic carbocycles. The normalized spacial score (nSPS) is 12.3. The van der Waals surface area contributed by atoms with Gasteiger partial charge in [0.15, 0.2) is 0 Å². The molecule has 0 fully saturated rings. The Labute approximate surface area is 139 Å². The standard InChI is InChI=1S/C17H19N5O2/c1-11-10-12(2)22-17(19-11)20-15(21-22)16(24)18-9-8-14(23)13-6-4-3-5-7-13/h3-7,10,14,23H,8-9H2,1-2H3,(H,18,24). The van der Waals surface area contributed by atoms with Gasteiger partial charge < -0.3 is 10.4 Å². The van der Waals surface area contributed by atoms with Crippen LogP contribution in [0.1, 0.15) is 40.1 Å². The molecule has 1 atom stereocenters. The Kier molecular flexibility index (Phi) is 4.52. The third-order valence-electron chi connectivity index (χ3n) is 3.71. The van der Waals surface area contributed by atoms with Crippen molar-refractivity contribution in [2.75, 3.05) is 6.54 Å². The third-order valence-corrected chi connectivity index (χ3v) is 3.71. The summed E-state index contributed by atoms with van der Waals surface area (Å²) in [5.74, 6) is 0.102. The van der Waals surface area contributed by atoms with Gasteiger partial charge in [-0.05, 0) is 31.9 Å². The average Bonchev–Trinajstić information content (AvgIpc) is 3.00. The summed E-state index contributed by atoms with van der Waals surface area (Å²) in [7, 11) is 0. The van der Waals surface area contributed by atoms with Gasteiger partial charge in [0.05, 0.1) is 6.10 Å². The summed E-state index contributed by atoms with van der Waals surface area (Å²) in [6, 6.07) is 11.2. The van der Waals surface area contributed by atoms with E-state index in [-0.39, 0.29) is 11.7 Å². The summed E-state index contributed by atoms with van der Waals surface area (Å²) in [5, 5.41) is 17.0. The van der Waals surface area contributed by atoms with Crippen LogP contribution in [0.5, 0.6) is 0 Å². The molecular weight excluding hydrogens is 306 g/mol. The predicted molar refractivity (Wildman–Crippen MR) is 88.6 cm³/mol. The molecule has 2 heterocycles. The molecule has 0 saturated heterocycles. The molecule has 7 heteroatoms. The Morgan fingerprint density at radius 3 is 2.75 bits per heavy atom. The van der Waals surface area contributed by atoms with Crippen LogP contribution in [-0.4, -0.2) is 37.1 Å². The molecule has 24 heavy (non-hydrogen) atoms. The SMILES string of the molecule is Cc1cc(C)n2nc(C(=O)NCCC(O)c3ccccc3)nc2n1. The topological polar surface area (TPSA) is 92.4 Å². The first-order chi connectivity index (χ1) is 11.5. The predicted octanol–water partition coefficient (Wildman–Crippen LogP) is 1.59. The Morgan fingerprint density at radius 2 is 2.00 bits per heavy atom. The van der Waals surface area contributed by atoms with E-state index in [4.69, 9.17) is 0 Å².